The van der Waals surface area contributed by atoms with Crippen LogP contribution in [0.3, 0.4) is 0 Å². The highest BCUT2D eigenvalue weighted by Crippen LogP contribution is 2.14. The summed E-state index contributed by atoms with van der Waals surface area (Å²) in [7, 11) is 1.55. The molecule has 1 amide bonds. The Labute approximate surface area is 180 Å². The second-order valence-electron chi connectivity index (χ2n) is 7.30. The number of aromatic nitrogens is 2. The van der Waals surface area contributed by atoms with Gasteiger partial charge in [-0.15, -0.1) is 0 Å². The van der Waals surface area contributed by atoms with Crippen molar-refractivity contribution < 1.29 is 9.53 Å². The van der Waals surface area contributed by atoms with E-state index in [1.165, 1.54) is 4.68 Å². The lowest BCUT2D eigenvalue weighted by Gasteiger charge is -2.10. The molecule has 0 spiro atoms. The maximum absolute atomic E-state index is 12.8. The van der Waals surface area contributed by atoms with Crippen molar-refractivity contribution in [3.05, 3.63) is 112 Å². The van der Waals surface area contributed by atoms with Crippen LogP contribution in [0.1, 0.15) is 27.2 Å². The van der Waals surface area contributed by atoms with Crippen molar-refractivity contribution in [2.75, 3.05) is 0 Å². The van der Waals surface area contributed by atoms with Gasteiger partial charge in [-0.25, -0.2) is 4.68 Å². The fraction of sp³-hybridized carbons (Fsp3) is 0.160. The molecule has 0 saturated heterocycles. The Kier molecular flexibility index (Phi) is 6.19. The molecule has 0 aliphatic carbocycles. The molecule has 1 heterocycles. The van der Waals surface area contributed by atoms with E-state index in [2.05, 4.69) is 10.4 Å². The maximum Gasteiger partial charge on any atom is 0.274 e. The van der Waals surface area contributed by atoms with Gasteiger partial charge in [0.1, 0.15) is 0 Å². The van der Waals surface area contributed by atoms with Gasteiger partial charge in [0.2, 0.25) is 0 Å². The van der Waals surface area contributed by atoms with Crippen molar-refractivity contribution in [3.8, 4) is 0 Å². The Morgan fingerprint density at radius 1 is 0.871 bits per heavy atom. The second kappa shape index (κ2) is 9.36. The number of fused-ring (bicyclic) bond motifs is 1. The first-order valence-electron chi connectivity index (χ1n) is 10.1. The number of nitrogens with zero attached hydrogens (tertiary/aromatic N) is 2. The molecule has 156 valence electrons. The first kappa shape index (κ1) is 20.5. The molecular formula is C25H23N3O3. The molecule has 31 heavy (non-hydrogen) atoms. The predicted octanol–water partition coefficient (Wildman–Crippen LogP) is 3.58. The van der Waals surface area contributed by atoms with Crippen LogP contribution in [0.4, 0.5) is 0 Å². The zero-order valence-electron chi connectivity index (χ0n) is 17.2. The van der Waals surface area contributed by atoms with Gasteiger partial charge in [-0.1, -0.05) is 72.8 Å². The van der Waals surface area contributed by atoms with Crippen molar-refractivity contribution in [1.29, 1.82) is 0 Å². The molecule has 0 aliphatic rings. The van der Waals surface area contributed by atoms with E-state index in [1.54, 1.807) is 31.3 Å². The Balaban J connectivity index is 1.41. The molecule has 0 bridgehead atoms. The lowest BCUT2D eigenvalue weighted by atomic mass is 10.1. The van der Waals surface area contributed by atoms with Gasteiger partial charge in [0.05, 0.1) is 18.6 Å². The van der Waals surface area contributed by atoms with Crippen molar-refractivity contribution in [1.82, 2.24) is 15.1 Å². The second-order valence-corrected chi connectivity index (χ2v) is 7.30. The molecule has 4 aromatic rings. The molecule has 0 aliphatic heterocycles. The molecule has 0 unspecified atom stereocenters. The van der Waals surface area contributed by atoms with Crippen LogP contribution < -0.4 is 10.9 Å². The number of carbonyl (C=O) groups is 1. The number of benzene rings is 3. The first-order chi connectivity index (χ1) is 15.1. The number of amides is 1. The minimum Gasteiger partial charge on any atom is -0.372 e. The summed E-state index contributed by atoms with van der Waals surface area (Å²) in [6.07, 6.45) is 0. The predicted molar refractivity (Wildman–Crippen MR) is 120 cm³/mol. The van der Waals surface area contributed by atoms with Crippen molar-refractivity contribution >= 4 is 16.7 Å². The molecule has 3 aromatic carbocycles. The number of rotatable bonds is 7. The van der Waals surface area contributed by atoms with Gasteiger partial charge in [0, 0.05) is 19.0 Å². The molecule has 0 saturated carbocycles. The van der Waals surface area contributed by atoms with Crippen LogP contribution in [-0.2, 0) is 31.5 Å². The molecule has 4 rings (SSSR count). The minimum absolute atomic E-state index is 0.227. The lowest BCUT2D eigenvalue weighted by Crippen LogP contribution is -2.29. The standard InChI is InChI=1S/C25H23N3O3/c1-28-25(30)22-13-6-5-12-21(22)23(27-28)24(29)26-15-19-10-7-11-20(14-19)17-31-16-18-8-3-2-4-9-18/h2-14H,15-17H2,1H3,(H,26,29). The van der Waals surface area contributed by atoms with Crippen LogP contribution in [-0.4, -0.2) is 15.7 Å². The van der Waals surface area contributed by atoms with Gasteiger partial charge in [0.25, 0.3) is 11.5 Å². The van der Waals surface area contributed by atoms with Crippen LogP contribution >= 0.6 is 0 Å². The number of hydrogen-bond donors (Lipinski definition) is 1. The summed E-state index contributed by atoms with van der Waals surface area (Å²) in [4.78, 5) is 25.0. The molecule has 6 heteroatoms. The third-order valence-corrected chi connectivity index (χ3v) is 5.00. The lowest BCUT2D eigenvalue weighted by molar-refractivity contribution is 0.0945. The average molecular weight is 413 g/mol. The van der Waals surface area contributed by atoms with Gasteiger partial charge in [-0.2, -0.15) is 5.10 Å². The molecule has 1 aromatic heterocycles. The van der Waals surface area contributed by atoms with Gasteiger partial charge >= 0.3 is 0 Å². The van der Waals surface area contributed by atoms with Gasteiger partial charge < -0.3 is 10.1 Å². The van der Waals surface area contributed by atoms with Gasteiger partial charge in [-0.3, -0.25) is 9.59 Å². The topological polar surface area (TPSA) is 73.2 Å². The fourth-order valence-corrected chi connectivity index (χ4v) is 3.42. The van der Waals surface area contributed by atoms with Crippen molar-refractivity contribution in [3.63, 3.8) is 0 Å². The van der Waals surface area contributed by atoms with Gasteiger partial charge in [-0.05, 0) is 22.8 Å². The summed E-state index contributed by atoms with van der Waals surface area (Å²) in [5.74, 6) is -0.322. The smallest absolute Gasteiger partial charge is 0.274 e. The quantitative estimate of drug-likeness (QED) is 0.503. The van der Waals surface area contributed by atoms with E-state index in [1.807, 2.05) is 54.6 Å². The summed E-state index contributed by atoms with van der Waals surface area (Å²) in [5, 5.41) is 8.10. The number of carbonyl (C=O) groups excluding carboxylic acids is 1. The zero-order chi connectivity index (χ0) is 21.6. The molecule has 0 atom stereocenters. The van der Waals surface area contributed by atoms with E-state index < -0.39 is 0 Å². The van der Waals surface area contributed by atoms with E-state index in [4.69, 9.17) is 4.74 Å². The minimum atomic E-state index is -0.322. The Hall–Kier alpha value is -3.77. The molecule has 0 fully saturated rings. The monoisotopic (exact) mass is 413 g/mol. The third-order valence-electron chi connectivity index (χ3n) is 5.00. The van der Waals surface area contributed by atoms with E-state index in [9.17, 15) is 9.59 Å². The zero-order valence-corrected chi connectivity index (χ0v) is 17.2. The summed E-state index contributed by atoms with van der Waals surface area (Å²) >= 11 is 0. The molecule has 0 radical (unpaired) electrons. The first-order valence-corrected chi connectivity index (χ1v) is 10.1. The normalized spacial score (nSPS) is 10.9. The van der Waals surface area contributed by atoms with Crippen LogP contribution in [0, 0.1) is 0 Å². The largest absolute Gasteiger partial charge is 0.372 e. The highest BCUT2D eigenvalue weighted by atomic mass is 16.5. The average Bonchev–Trinajstić information content (AvgIpc) is 2.81. The number of hydrogen-bond acceptors (Lipinski definition) is 4. The number of aryl methyl sites for hydroxylation is 1. The summed E-state index contributed by atoms with van der Waals surface area (Å²) in [5.41, 5.74) is 3.13. The Morgan fingerprint density at radius 2 is 1.52 bits per heavy atom. The Bertz CT molecular complexity index is 1270. The molecule has 1 N–H and O–H groups in total. The SMILES string of the molecule is Cn1nc(C(=O)NCc2cccc(COCc3ccccc3)c2)c2ccccc2c1=O. The number of nitrogens with one attached hydrogen (secondary N) is 1. The Morgan fingerprint density at radius 3 is 2.32 bits per heavy atom. The third kappa shape index (κ3) is 4.87. The fourth-order valence-electron chi connectivity index (χ4n) is 3.42. The maximum atomic E-state index is 12.8. The highest BCUT2D eigenvalue weighted by molar-refractivity contribution is 6.04. The van der Waals surface area contributed by atoms with Crippen LogP contribution in [0.2, 0.25) is 0 Å². The van der Waals surface area contributed by atoms with Crippen molar-refractivity contribution in [2.24, 2.45) is 7.05 Å². The van der Waals surface area contributed by atoms with E-state index in [0.717, 1.165) is 16.7 Å². The summed E-state index contributed by atoms with van der Waals surface area (Å²) in [6.45, 7) is 1.39. The number of ether oxygens (including phenoxy) is 1. The van der Waals surface area contributed by atoms with Crippen LogP contribution in [0.25, 0.3) is 10.8 Å². The van der Waals surface area contributed by atoms with E-state index >= 15 is 0 Å². The highest BCUT2D eigenvalue weighted by Gasteiger charge is 2.15. The van der Waals surface area contributed by atoms with E-state index in [0.29, 0.717) is 30.5 Å². The van der Waals surface area contributed by atoms with Gasteiger partial charge in [0.15, 0.2) is 5.69 Å². The van der Waals surface area contributed by atoms with Crippen LogP contribution in [0.15, 0.2) is 83.7 Å². The summed E-state index contributed by atoms with van der Waals surface area (Å²) in [6, 6.07) is 24.9. The van der Waals surface area contributed by atoms with E-state index in [-0.39, 0.29) is 17.2 Å². The van der Waals surface area contributed by atoms with Crippen molar-refractivity contribution in [2.45, 2.75) is 19.8 Å². The summed E-state index contributed by atoms with van der Waals surface area (Å²) < 4.78 is 6.99. The molecule has 6 nitrogen and oxygen atoms in total. The molecular weight excluding hydrogens is 390 g/mol. The van der Waals surface area contributed by atoms with Crippen LogP contribution in [0.5, 0.6) is 0 Å².